The number of likely N-dealkylation sites (tertiary alicyclic amines) is 1. The Labute approximate surface area is 104 Å². The summed E-state index contributed by atoms with van der Waals surface area (Å²) in [7, 11) is -2.94. The molecule has 0 radical (unpaired) electrons. The van der Waals surface area contributed by atoms with Gasteiger partial charge in [-0.2, -0.15) is 0 Å². The fraction of sp³-hybridized carbons (Fsp3) is 0.917. The molecule has 5 heteroatoms. The van der Waals surface area contributed by atoms with Gasteiger partial charge in [0.25, 0.3) is 0 Å². The lowest BCUT2D eigenvalue weighted by atomic mass is 9.93. The van der Waals surface area contributed by atoms with Crippen molar-refractivity contribution in [3.63, 3.8) is 0 Å². The van der Waals surface area contributed by atoms with Gasteiger partial charge in [0.05, 0.1) is 5.25 Å². The van der Waals surface area contributed by atoms with E-state index >= 15 is 0 Å². The number of carbonyl (C=O) groups excluding carboxylic acids is 1. The minimum absolute atomic E-state index is 0.116. The Hall–Kier alpha value is -0.580. The molecule has 0 aliphatic carbocycles. The Morgan fingerprint density at radius 1 is 1.24 bits per heavy atom. The first-order chi connectivity index (χ1) is 7.68. The molecule has 1 aliphatic rings. The minimum Gasteiger partial charge on any atom is -0.342 e. The predicted octanol–water partition coefficient (Wildman–Crippen LogP) is 1.46. The minimum atomic E-state index is -2.94. The number of sulfone groups is 1. The molecule has 0 aromatic heterocycles. The van der Waals surface area contributed by atoms with Crippen LogP contribution in [0, 0.1) is 5.41 Å². The quantitative estimate of drug-likeness (QED) is 0.756. The fourth-order valence-electron chi connectivity index (χ4n) is 2.13. The van der Waals surface area contributed by atoms with Crippen molar-refractivity contribution in [1.82, 2.24) is 4.90 Å². The molecule has 1 heterocycles. The van der Waals surface area contributed by atoms with Gasteiger partial charge < -0.3 is 4.90 Å². The summed E-state index contributed by atoms with van der Waals surface area (Å²) in [6.07, 6.45) is 1.16. The van der Waals surface area contributed by atoms with Crippen LogP contribution in [0.5, 0.6) is 0 Å². The predicted molar refractivity (Wildman–Crippen MR) is 68.5 cm³/mol. The number of rotatable bonds is 2. The molecule has 0 aromatic carbocycles. The zero-order valence-electron chi connectivity index (χ0n) is 11.2. The van der Waals surface area contributed by atoms with Gasteiger partial charge in [-0.3, -0.25) is 4.79 Å². The summed E-state index contributed by atoms with van der Waals surface area (Å²) in [5.41, 5.74) is -0.379. The lowest BCUT2D eigenvalue weighted by molar-refractivity contribution is -0.140. The highest BCUT2D eigenvalue weighted by molar-refractivity contribution is 7.92. The first-order valence-electron chi connectivity index (χ1n) is 6.19. The highest BCUT2D eigenvalue weighted by Crippen LogP contribution is 2.23. The van der Waals surface area contributed by atoms with Crippen LogP contribution < -0.4 is 0 Å². The molecule has 0 saturated carbocycles. The van der Waals surface area contributed by atoms with E-state index in [1.807, 2.05) is 20.8 Å². The lowest BCUT2D eigenvalue weighted by Gasteiger charge is -2.35. The van der Waals surface area contributed by atoms with E-state index in [1.54, 1.807) is 11.8 Å². The molecule has 0 aromatic rings. The Morgan fingerprint density at radius 2 is 1.71 bits per heavy atom. The van der Waals surface area contributed by atoms with Crippen LogP contribution >= 0.6 is 0 Å². The molecule has 4 nitrogen and oxygen atoms in total. The van der Waals surface area contributed by atoms with Gasteiger partial charge in [-0.05, 0) is 12.8 Å². The molecule has 1 saturated heterocycles. The Bertz CT molecular complexity index is 373. The highest BCUT2D eigenvalue weighted by atomic mass is 32.2. The maximum Gasteiger partial charge on any atom is 0.227 e. The van der Waals surface area contributed by atoms with Gasteiger partial charge in [0.1, 0.15) is 0 Å². The molecule has 1 rings (SSSR count). The second-order valence-corrected chi connectivity index (χ2v) is 8.26. The molecule has 0 unspecified atom stereocenters. The molecule has 1 aliphatic heterocycles. The van der Waals surface area contributed by atoms with Crippen molar-refractivity contribution in [2.45, 2.75) is 45.8 Å². The molecule has 1 amide bonds. The Balaban J connectivity index is 2.61. The number of hydrogen-bond donors (Lipinski definition) is 0. The Morgan fingerprint density at radius 3 is 2.06 bits per heavy atom. The monoisotopic (exact) mass is 261 g/mol. The van der Waals surface area contributed by atoms with Crippen LogP contribution in [-0.4, -0.2) is 43.3 Å². The molecule has 0 spiro atoms. The van der Waals surface area contributed by atoms with E-state index in [4.69, 9.17) is 0 Å². The normalized spacial score (nSPS) is 19.4. The molecule has 1 fully saturated rings. The SMILES string of the molecule is CCS(=O)(=O)C1CCN(C(=O)C(C)(C)C)CC1. The number of piperidine rings is 1. The highest BCUT2D eigenvalue weighted by Gasteiger charge is 2.33. The summed E-state index contributed by atoms with van der Waals surface area (Å²) in [6, 6.07) is 0. The summed E-state index contributed by atoms with van der Waals surface area (Å²) in [5, 5.41) is -0.253. The molecule has 100 valence electrons. The van der Waals surface area contributed by atoms with Gasteiger partial charge in [-0.15, -0.1) is 0 Å². The van der Waals surface area contributed by atoms with Crippen molar-refractivity contribution in [3.8, 4) is 0 Å². The van der Waals surface area contributed by atoms with E-state index in [9.17, 15) is 13.2 Å². The largest absolute Gasteiger partial charge is 0.342 e. The van der Waals surface area contributed by atoms with Gasteiger partial charge in [0.15, 0.2) is 9.84 Å². The molecule has 0 atom stereocenters. The first-order valence-corrected chi connectivity index (χ1v) is 7.91. The summed E-state index contributed by atoms with van der Waals surface area (Å²) in [6.45, 7) is 8.50. The van der Waals surface area contributed by atoms with Gasteiger partial charge in [0.2, 0.25) is 5.91 Å². The van der Waals surface area contributed by atoms with E-state index in [-0.39, 0.29) is 22.3 Å². The van der Waals surface area contributed by atoms with E-state index in [1.165, 1.54) is 0 Å². The summed E-state index contributed by atoms with van der Waals surface area (Å²) in [5.74, 6) is 0.315. The second kappa shape index (κ2) is 4.96. The average Bonchev–Trinajstić information content (AvgIpc) is 2.27. The molecular weight excluding hydrogens is 238 g/mol. The first kappa shape index (κ1) is 14.5. The standard InChI is InChI=1S/C12H23NO3S/c1-5-17(15,16)10-6-8-13(9-7-10)11(14)12(2,3)4/h10H,5-9H2,1-4H3. The van der Waals surface area contributed by atoms with Crippen molar-refractivity contribution in [2.75, 3.05) is 18.8 Å². The molecule has 17 heavy (non-hydrogen) atoms. The second-order valence-electron chi connectivity index (χ2n) is 5.69. The van der Waals surface area contributed by atoms with Crippen molar-refractivity contribution in [1.29, 1.82) is 0 Å². The van der Waals surface area contributed by atoms with Gasteiger partial charge in [0, 0.05) is 24.3 Å². The maximum atomic E-state index is 12.0. The summed E-state index contributed by atoms with van der Waals surface area (Å²) in [4.78, 5) is 13.8. The number of nitrogens with zero attached hydrogens (tertiary/aromatic N) is 1. The third-order valence-electron chi connectivity index (χ3n) is 3.28. The molecule has 0 bridgehead atoms. The third-order valence-corrected chi connectivity index (χ3v) is 5.57. The van der Waals surface area contributed by atoms with Crippen LogP contribution in [0.4, 0.5) is 0 Å². The van der Waals surface area contributed by atoms with Crippen molar-refractivity contribution < 1.29 is 13.2 Å². The van der Waals surface area contributed by atoms with E-state index < -0.39 is 9.84 Å². The smallest absolute Gasteiger partial charge is 0.227 e. The van der Waals surface area contributed by atoms with E-state index in [0.717, 1.165) is 0 Å². The van der Waals surface area contributed by atoms with Crippen LogP contribution in [0.1, 0.15) is 40.5 Å². The van der Waals surface area contributed by atoms with Crippen molar-refractivity contribution >= 4 is 15.7 Å². The van der Waals surface area contributed by atoms with Crippen molar-refractivity contribution in [3.05, 3.63) is 0 Å². The van der Waals surface area contributed by atoms with Gasteiger partial charge in [-0.25, -0.2) is 8.42 Å². The maximum absolute atomic E-state index is 12.0. The lowest BCUT2D eigenvalue weighted by Crippen LogP contribution is -2.46. The Kier molecular flexibility index (Phi) is 4.23. The summed E-state index contributed by atoms with van der Waals surface area (Å²) >= 11 is 0. The number of hydrogen-bond acceptors (Lipinski definition) is 3. The average molecular weight is 261 g/mol. The number of carbonyl (C=O) groups is 1. The molecule has 0 N–H and O–H groups in total. The van der Waals surface area contributed by atoms with Gasteiger partial charge in [-0.1, -0.05) is 27.7 Å². The van der Waals surface area contributed by atoms with Crippen LogP contribution in [0.15, 0.2) is 0 Å². The van der Waals surface area contributed by atoms with Gasteiger partial charge >= 0.3 is 0 Å². The van der Waals surface area contributed by atoms with Crippen LogP contribution in [0.3, 0.4) is 0 Å². The number of amides is 1. The summed E-state index contributed by atoms with van der Waals surface area (Å²) < 4.78 is 23.4. The third kappa shape index (κ3) is 3.44. The van der Waals surface area contributed by atoms with Crippen molar-refractivity contribution in [2.24, 2.45) is 5.41 Å². The van der Waals surface area contributed by atoms with Crippen LogP contribution in [0.25, 0.3) is 0 Å². The van der Waals surface area contributed by atoms with E-state index in [2.05, 4.69) is 0 Å². The molecular formula is C12H23NO3S. The zero-order valence-corrected chi connectivity index (χ0v) is 12.0. The van der Waals surface area contributed by atoms with Crippen LogP contribution in [-0.2, 0) is 14.6 Å². The topological polar surface area (TPSA) is 54.5 Å². The van der Waals surface area contributed by atoms with E-state index in [0.29, 0.717) is 25.9 Å². The zero-order chi connectivity index (χ0) is 13.3. The van der Waals surface area contributed by atoms with Crippen LogP contribution in [0.2, 0.25) is 0 Å². The fourth-order valence-corrected chi connectivity index (χ4v) is 3.53.